The first kappa shape index (κ1) is 15.0. The Hall–Kier alpha value is -2.35. The Kier molecular flexibility index (Phi) is 4.59. The first-order valence-corrected chi connectivity index (χ1v) is 7.07. The molecule has 1 aromatic carbocycles. The number of aromatic amines is 2. The maximum atomic E-state index is 12.1. The summed E-state index contributed by atoms with van der Waals surface area (Å²) in [6.07, 6.45) is 0. The minimum absolute atomic E-state index is 0.0430. The number of rotatable bonds is 4. The molecule has 1 aromatic heterocycles. The normalized spacial score (nSPS) is 11.9. The number of nitrogens with one attached hydrogen (secondary N) is 3. The van der Waals surface area contributed by atoms with E-state index < -0.39 is 16.5 Å². The second-order valence-electron chi connectivity index (χ2n) is 4.43. The summed E-state index contributed by atoms with van der Waals surface area (Å²) >= 11 is 0.973. The molecule has 110 valence electrons. The number of benzene rings is 1. The lowest BCUT2D eigenvalue weighted by Crippen LogP contribution is -2.28. The Morgan fingerprint density at radius 2 is 2.14 bits per heavy atom. The van der Waals surface area contributed by atoms with Gasteiger partial charge in [-0.2, -0.15) is 5.10 Å². The van der Waals surface area contributed by atoms with E-state index in [1.165, 1.54) is 0 Å². The van der Waals surface area contributed by atoms with Crippen molar-refractivity contribution in [2.75, 3.05) is 5.32 Å². The molecule has 0 aliphatic carbocycles. The molecule has 0 aliphatic rings. The molecule has 2 rings (SSSR count). The van der Waals surface area contributed by atoms with Crippen molar-refractivity contribution >= 4 is 23.4 Å². The molecule has 0 saturated heterocycles. The van der Waals surface area contributed by atoms with Gasteiger partial charge in [0.25, 0.3) is 5.56 Å². The number of anilines is 1. The molecule has 0 aliphatic heterocycles. The van der Waals surface area contributed by atoms with Crippen molar-refractivity contribution in [3.8, 4) is 0 Å². The van der Waals surface area contributed by atoms with Crippen LogP contribution in [0.3, 0.4) is 0 Å². The molecular weight excluding hydrogens is 292 g/mol. The zero-order chi connectivity index (χ0) is 15.4. The number of amides is 1. The molecule has 1 amide bonds. The zero-order valence-electron chi connectivity index (χ0n) is 11.5. The van der Waals surface area contributed by atoms with Crippen LogP contribution in [0.5, 0.6) is 0 Å². The molecule has 1 heterocycles. The van der Waals surface area contributed by atoms with Crippen LogP contribution < -0.4 is 16.6 Å². The monoisotopic (exact) mass is 306 g/mol. The number of aromatic nitrogens is 3. The standard InChI is InChI=1S/C13H14N4O3S/c1-7-4-3-5-9(6-7)14-10(18)8(2)21-12-11(19)15-13(20)17-16-12/h3-6,8H,1-2H3,(H,14,18)(H2,15,17,19,20). The molecule has 21 heavy (non-hydrogen) atoms. The highest BCUT2D eigenvalue weighted by Gasteiger charge is 2.17. The maximum absolute atomic E-state index is 12.1. The van der Waals surface area contributed by atoms with Crippen LogP contribution in [-0.4, -0.2) is 26.3 Å². The van der Waals surface area contributed by atoms with E-state index >= 15 is 0 Å². The zero-order valence-corrected chi connectivity index (χ0v) is 12.3. The largest absolute Gasteiger partial charge is 0.342 e. The van der Waals surface area contributed by atoms with Crippen LogP contribution in [0.4, 0.5) is 5.69 Å². The van der Waals surface area contributed by atoms with Gasteiger partial charge in [-0.1, -0.05) is 23.9 Å². The summed E-state index contributed by atoms with van der Waals surface area (Å²) in [5, 5.41) is 8.02. The molecule has 3 N–H and O–H groups in total. The van der Waals surface area contributed by atoms with E-state index in [4.69, 9.17) is 0 Å². The van der Waals surface area contributed by atoms with Crippen LogP contribution in [0.2, 0.25) is 0 Å². The minimum atomic E-state index is -0.679. The molecule has 0 bridgehead atoms. The van der Waals surface area contributed by atoms with E-state index in [-0.39, 0.29) is 10.9 Å². The first-order chi connectivity index (χ1) is 9.95. The van der Waals surface area contributed by atoms with Gasteiger partial charge >= 0.3 is 5.69 Å². The summed E-state index contributed by atoms with van der Waals surface area (Å²) in [5.74, 6) is -0.252. The van der Waals surface area contributed by atoms with Gasteiger partial charge in [0.1, 0.15) is 0 Å². The van der Waals surface area contributed by atoms with Crippen LogP contribution in [0, 0.1) is 6.92 Å². The second kappa shape index (κ2) is 6.40. The van der Waals surface area contributed by atoms with Crippen LogP contribution in [0.25, 0.3) is 0 Å². The van der Waals surface area contributed by atoms with Crippen LogP contribution in [-0.2, 0) is 4.79 Å². The summed E-state index contributed by atoms with van der Waals surface area (Å²) in [6, 6.07) is 7.41. The molecule has 0 fully saturated rings. The lowest BCUT2D eigenvalue weighted by molar-refractivity contribution is -0.115. The molecule has 7 nitrogen and oxygen atoms in total. The van der Waals surface area contributed by atoms with Crippen molar-refractivity contribution < 1.29 is 4.79 Å². The van der Waals surface area contributed by atoms with E-state index in [1.807, 2.05) is 25.1 Å². The third-order valence-electron chi connectivity index (χ3n) is 2.62. The number of hydrogen-bond donors (Lipinski definition) is 3. The van der Waals surface area contributed by atoms with Crippen molar-refractivity contribution in [2.24, 2.45) is 0 Å². The highest BCUT2D eigenvalue weighted by molar-refractivity contribution is 8.00. The van der Waals surface area contributed by atoms with Crippen LogP contribution >= 0.6 is 11.8 Å². The average Bonchev–Trinajstić information content (AvgIpc) is 2.41. The van der Waals surface area contributed by atoms with Crippen molar-refractivity contribution in [1.29, 1.82) is 0 Å². The smallest absolute Gasteiger partial charge is 0.325 e. The van der Waals surface area contributed by atoms with Gasteiger partial charge in [0.2, 0.25) is 5.91 Å². The maximum Gasteiger partial charge on any atom is 0.342 e. The third-order valence-corrected chi connectivity index (χ3v) is 3.69. The first-order valence-electron chi connectivity index (χ1n) is 6.19. The molecule has 8 heteroatoms. The Balaban J connectivity index is 2.06. The predicted molar refractivity (Wildman–Crippen MR) is 80.6 cm³/mol. The molecule has 2 aromatic rings. The summed E-state index contributed by atoms with van der Waals surface area (Å²) < 4.78 is 0. The van der Waals surface area contributed by atoms with E-state index in [2.05, 4.69) is 20.5 Å². The van der Waals surface area contributed by atoms with Gasteiger partial charge in [-0.3, -0.25) is 14.6 Å². The van der Waals surface area contributed by atoms with Crippen molar-refractivity contribution in [1.82, 2.24) is 15.2 Å². The van der Waals surface area contributed by atoms with Gasteiger partial charge in [0, 0.05) is 5.69 Å². The van der Waals surface area contributed by atoms with Gasteiger partial charge in [0.15, 0.2) is 5.03 Å². The number of carbonyl (C=O) groups excluding carboxylic acids is 1. The fourth-order valence-corrected chi connectivity index (χ4v) is 2.36. The summed E-state index contributed by atoms with van der Waals surface area (Å²) in [4.78, 5) is 36.5. The van der Waals surface area contributed by atoms with Gasteiger partial charge in [-0.15, -0.1) is 0 Å². The minimum Gasteiger partial charge on any atom is -0.325 e. The van der Waals surface area contributed by atoms with Gasteiger partial charge in [-0.05, 0) is 31.5 Å². The molecular formula is C13H14N4O3S. The Labute approximate surface area is 124 Å². The number of carbonyl (C=O) groups is 1. The predicted octanol–water partition coefficient (Wildman–Crippen LogP) is 0.886. The number of aryl methyl sites for hydroxylation is 1. The van der Waals surface area contributed by atoms with Gasteiger partial charge in [0.05, 0.1) is 5.25 Å². The van der Waals surface area contributed by atoms with Crippen LogP contribution in [0.15, 0.2) is 38.9 Å². The lowest BCUT2D eigenvalue weighted by Gasteiger charge is -2.11. The van der Waals surface area contributed by atoms with Crippen molar-refractivity contribution in [2.45, 2.75) is 24.1 Å². The number of H-pyrrole nitrogens is 2. The van der Waals surface area contributed by atoms with Crippen molar-refractivity contribution in [3.05, 3.63) is 50.7 Å². The Bertz CT molecular complexity index is 768. The van der Waals surface area contributed by atoms with Crippen molar-refractivity contribution in [3.63, 3.8) is 0 Å². The highest BCUT2D eigenvalue weighted by atomic mass is 32.2. The SMILES string of the molecule is Cc1cccc(NC(=O)C(C)Sc2n[nH]c(=O)[nH]c2=O)c1. The fraction of sp³-hybridized carbons (Fsp3) is 0.231. The van der Waals surface area contributed by atoms with E-state index in [1.54, 1.807) is 13.0 Å². The molecule has 0 spiro atoms. The van der Waals surface area contributed by atoms with Crippen LogP contribution in [0.1, 0.15) is 12.5 Å². The molecule has 1 atom stereocenters. The number of hydrogen-bond acceptors (Lipinski definition) is 5. The second-order valence-corrected chi connectivity index (χ2v) is 5.76. The molecule has 1 unspecified atom stereocenters. The topological polar surface area (TPSA) is 108 Å². The van der Waals surface area contributed by atoms with Gasteiger partial charge < -0.3 is 5.32 Å². The quantitative estimate of drug-likeness (QED) is 0.727. The summed E-state index contributed by atoms with van der Waals surface area (Å²) in [7, 11) is 0. The lowest BCUT2D eigenvalue weighted by atomic mass is 10.2. The highest BCUT2D eigenvalue weighted by Crippen LogP contribution is 2.19. The molecule has 0 radical (unpaired) electrons. The Morgan fingerprint density at radius 1 is 1.38 bits per heavy atom. The van der Waals surface area contributed by atoms with E-state index in [9.17, 15) is 14.4 Å². The fourth-order valence-electron chi connectivity index (χ4n) is 1.60. The number of thioether (sulfide) groups is 1. The Morgan fingerprint density at radius 3 is 2.81 bits per heavy atom. The summed E-state index contributed by atoms with van der Waals surface area (Å²) in [6.45, 7) is 3.58. The third kappa shape index (κ3) is 4.06. The number of nitrogens with zero attached hydrogens (tertiary/aromatic N) is 1. The van der Waals surface area contributed by atoms with E-state index in [0.29, 0.717) is 5.69 Å². The molecule has 0 saturated carbocycles. The average molecular weight is 306 g/mol. The summed E-state index contributed by atoms with van der Waals surface area (Å²) in [5.41, 5.74) is 0.433. The van der Waals surface area contributed by atoms with E-state index in [0.717, 1.165) is 17.3 Å². The van der Waals surface area contributed by atoms with Gasteiger partial charge in [-0.25, -0.2) is 9.89 Å².